The van der Waals surface area contributed by atoms with Gasteiger partial charge in [-0.05, 0) is 17.5 Å². The normalized spacial score (nSPS) is 10.9. The number of allylic oxidation sites excluding steroid dienone is 2. The van der Waals surface area contributed by atoms with Gasteiger partial charge in [0.05, 0.1) is 11.6 Å². The Morgan fingerprint density at radius 2 is 2.13 bits per heavy atom. The number of nitriles is 2. The number of thiophene rings is 1. The third kappa shape index (κ3) is 1.61. The minimum absolute atomic E-state index is 0.418. The molecule has 0 saturated carbocycles. The average Bonchev–Trinajstić information content (AvgIpc) is 2.73. The first-order chi connectivity index (χ1) is 7.36. The second kappa shape index (κ2) is 3.96. The number of rotatable bonds is 1. The van der Waals surface area contributed by atoms with Crippen LogP contribution in [0.5, 0.6) is 0 Å². The molecule has 2 nitrogen and oxygen atoms in total. The van der Waals surface area contributed by atoms with Gasteiger partial charge in [0, 0.05) is 21.7 Å². The lowest BCUT2D eigenvalue weighted by molar-refractivity contribution is 1.51. The van der Waals surface area contributed by atoms with E-state index in [1.165, 1.54) is 6.08 Å². The van der Waals surface area contributed by atoms with E-state index < -0.39 is 0 Å². The summed E-state index contributed by atoms with van der Waals surface area (Å²) < 4.78 is 1.13. The van der Waals surface area contributed by atoms with Crippen molar-refractivity contribution in [3.8, 4) is 12.1 Å². The molecule has 1 aromatic heterocycles. The van der Waals surface area contributed by atoms with Crippen LogP contribution in [0.4, 0.5) is 0 Å². The summed E-state index contributed by atoms with van der Waals surface area (Å²) in [4.78, 5) is 0. The van der Waals surface area contributed by atoms with Crippen molar-refractivity contribution >= 4 is 27.0 Å². The topological polar surface area (TPSA) is 47.6 Å². The van der Waals surface area contributed by atoms with E-state index in [0.29, 0.717) is 5.57 Å². The van der Waals surface area contributed by atoms with E-state index in [0.717, 1.165) is 15.6 Å². The van der Waals surface area contributed by atoms with Crippen LogP contribution in [0.25, 0.3) is 15.7 Å². The quantitative estimate of drug-likeness (QED) is 0.678. The van der Waals surface area contributed by atoms with E-state index in [9.17, 15) is 0 Å². The molecule has 0 N–H and O–H groups in total. The van der Waals surface area contributed by atoms with Crippen molar-refractivity contribution in [2.24, 2.45) is 0 Å². The molecule has 0 fully saturated rings. The van der Waals surface area contributed by atoms with Gasteiger partial charge in [-0.15, -0.1) is 11.3 Å². The smallest absolute Gasteiger partial charge is 0.101 e. The summed E-state index contributed by atoms with van der Waals surface area (Å²) in [5.74, 6) is 0. The largest absolute Gasteiger partial charge is 0.193 e. The fourth-order valence-corrected chi connectivity index (χ4v) is 2.28. The molecule has 0 aliphatic carbocycles. The number of hydrogen-bond donors (Lipinski definition) is 0. The summed E-state index contributed by atoms with van der Waals surface area (Å²) in [6.45, 7) is 0. The summed E-state index contributed by atoms with van der Waals surface area (Å²) in [5.41, 5.74) is 1.25. The van der Waals surface area contributed by atoms with E-state index in [2.05, 4.69) is 0 Å². The monoisotopic (exact) mass is 210 g/mol. The molecule has 3 heteroatoms. The molecular weight excluding hydrogens is 204 g/mol. The third-order valence-electron chi connectivity index (χ3n) is 2.12. The molecule has 0 saturated heterocycles. The zero-order chi connectivity index (χ0) is 10.7. The fraction of sp³-hybridized carbons (Fsp3) is 0. The zero-order valence-corrected chi connectivity index (χ0v) is 8.58. The van der Waals surface area contributed by atoms with Gasteiger partial charge in [-0.2, -0.15) is 10.5 Å². The predicted molar refractivity (Wildman–Crippen MR) is 61.0 cm³/mol. The molecule has 0 unspecified atom stereocenters. The van der Waals surface area contributed by atoms with Crippen LogP contribution in [0.15, 0.2) is 35.7 Å². The van der Waals surface area contributed by atoms with E-state index in [-0.39, 0.29) is 0 Å². The van der Waals surface area contributed by atoms with Crippen LogP contribution in [0.1, 0.15) is 5.56 Å². The Bertz CT molecular complexity index is 608. The lowest BCUT2D eigenvalue weighted by Crippen LogP contribution is -1.81. The highest BCUT2D eigenvalue weighted by molar-refractivity contribution is 7.17. The summed E-state index contributed by atoms with van der Waals surface area (Å²) in [7, 11) is 0. The van der Waals surface area contributed by atoms with Crippen molar-refractivity contribution in [3.05, 3.63) is 41.3 Å². The maximum Gasteiger partial charge on any atom is 0.101 e. The maximum atomic E-state index is 8.94. The van der Waals surface area contributed by atoms with Crippen molar-refractivity contribution in [1.29, 1.82) is 10.5 Å². The molecule has 0 atom stereocenters. The molecule has 0 spiro atoms. The number of nitrogens with zero attached hydrogens (tertiary/aromatic N) is 2. The van der Waals surface area contributed by atoms with Crippen LogP contribution < -0.4 is 0 Å². The summed E-state index contributed by atoms with van der Waals surface area (Å²) >= 11 is 1.63. The lowest BCUT2D eigenvalue weighted by Gasteiger charge is -1.99. The first-order valence-electron chi connectivity index (χ1n) is 4.33. The summed E-state index contributed by atoms with van der Waals surface area (Å²) in [6, 6.07) is 11.7. The van der Waals surface area contributed by atoms with E-state index in [4.69, 9.17) is 10.5 Å². The van der Waals surface area contributed by atoms with Crippen LogP contribution in [0, 0.1) is 22.7 Å². The lowest BCUT2D eigenvalue weighted by atomic mass is 10.0. The molecular formula is C12H6N2S. The van der Waals surface area contributed by atoms with Crippen molar-refractivity contribution in [2.45, 2.75) is 0 Å². The first-order valence-corrected chi connectivity index (χ1v) is 5.21. The van der Waals surface area contributed by atoms with E-state index in [1.807, 2.05) is 41.8 Å². The molecule has 0 aliphatic heterocycles. The Balaban J connectivity index is 2.72. The van der Waals surface area contributed by atoms with Gasteiger partial charge in [0.25, 0.3) is 0 Å². The van der Waals surface area contributed by atoms with Crippen LogP contribution in [-0.4, -0.2) is 0 Å². The predicted octanol–water partition coefficient (Wildman–Crippen LogP) is 3.33. The molecule has 15 heavy (non-hydrogen) atoms. The molecule has 1 heterocycles. The van der Waals surface area contributed by atoms with Gasteiger partial charge in [0.15, 0.2) is 0 Å². The molecule has 2 rings (SSSR count). The Morgan fingerprint density at radius 3 is 2.87 bits per heavy atom. The van der Waals surface area contributed by atoms with Gasteiger partial charge in [-0.1, -0.05) is 12.1 Å². The first kappa shape index (κ1) is 9.45. The minimum atomic E-state index is 0.418. The molecule has 70 valence electrons. The number of benzene rings is 1. The van der Waals surface area contributed by atoms with Gasteiger partial charge in [-0.25, -0.2) is 0 Å². The highest BCUT2D eigenvalue weighted by atomic mass is 32.1. The van der Waals surface area contributed by atoms with Crippen LogP contribution in [0.3, 0.4) is 0 Å². The Labute approximate surface area is 91.3 Å². The van der Waals surface area contributed by atoms with E-state index in [1.54, 1.807) is 11.3 Å². The van der Waals surface area contributed by atoms with Gasteiger partial charge in [-0.3, -0.25) is 0 Å². The Morgan fingerprint density at radius 1 is 1.27 bits per heavy atom. The van der Waals surface area contributed by atoms with Crippen molar-refractivity contribution in [3.63, 3.8) is 0 Å². The number of fused-ring (bicyclic) bond motifs is 1. The number of hydrogen-bond acceptors (Lipinski definition) is 3. The molecule has 0 amide bonds. The standard InChI is InChI=1S/C12H6N2S/c13-6-4-9(8-14)10-2-1-3-12-11(10)5-7-15-12/h1-5,7H/b9-4+. The van der Waals surface area contributed by atoms with Gasteiger partial charge >= 0.3 is 0 Å². The van der Waals surface area contributed by atoms with Gasteiger partial charge in [0.1, 0.15) is 6.07 Å². The molecule has 0 aliphatic rings. The summed E-state index contributed by atoms with van der Waals surface area (Å²) in [5, 5.41) is 20.5. The van der Waals surface area contributed by atoms with Crippen LogP contribution >= 0.6 is 11.3 Å². The summed E-state index contributed by atoms with van der Waals surface area (Å²) in [6.07, 6.45) is 1.28. The molecule has 1 aromatic carbocycles. The highest BCUT2D eigenvalue weighted by Crippen LogP contribution is 2.28. The zero-order valence-electron chi connectivity index (χ0n) is 7.77. The van der Waals surface area contributed by atoms with Crippen molar-refractivity contribution in [1.82, 2.24) is 0 Å². The molecule has 2 aromatic rings. The van der Waals surface area contributed by atoms with Gasteiger partial charge in [0.2, 0.25) is 0 Å². The maximum absolute atomic E-state index is 8.94. The van der Waals surface area contributed by atoms with E-state index >= 15 is 0 Å². The SMILES string of the molecule is N#C/C=C(\C#N)c1cccc2sccc12. The second-order valence-electron chi connectivity index (χ2n) is 2.94. The van der Waals surface area contributed by atoms with Crippen molar-refractivity contribution in [2.75, 3.05) is 0 Å². The highest BCUT2D eigenvalue weighted by Gasteiger charge is 2.05. The molecule has 0 bridgehead atoms. The van der Waals surface area contributed by atoms with Crippen LogP contribution in [-0.2, 0) is 0 Å². The Kier molecular flexibility index (Phi) is 2.49. The third-order valence-corrected chi connectivity index (χ3v) is 3.00. The average molecular weight is 210 g/mol. The van der Waals surface area contributed by atoms with Gasteiger partial charge < -0.3 is 0 Å². The molecule has 0 radical (unpaired) electrons. The van der Waals surface area contributed by atoms with Crippen molar-refractivity contribution < 1.29 is 0 Å². The minimum Gasteiger partial charge on any atom is -0.193 e. The Hall–Kier alpha value is -2.10. The fourth-order valence-electron chi connectivity index (χ4n) is 1.46. The van der Waals surface area contributed by atoms with Crippen LogP contribution in [0.2, 0.25) is 0 Å². The second-order valence-corrected chi connectivity index (χ2v) is 3.88.